The fourth-order valence-corrected chi connectivity index (χ4v) is 3.84. The predicted molar refractivity (Wildman–Crippen MR) is 104 cm³/mol. The second-order valence-corrected chi connectivity index (χ2v) is 7.33. The molecule has 0 radical (unpaired) electrons. The molecule has 1 aromatic heterocycles. The van der Waals surface area contributed by atoms with Gasteiger partial charge in [0.25, 0.3) is 5.91 Å². The standard InChI is InChI=1S/C20H24N2O4S/c1-15(23)16-4-6-17(7-5-16)26-14-20(24)21-13-18(19-3-2-12-27-19)22-8-10-25-11-9-22/h2-7,12,18H,8-11,13-14H2,1H3,(H,21,24)/t18-/m1/s1. The maximum absolute atomic E-state index is 12.2. The third kappa shape index (κ3) is 5.63. The molecule has 2 heterocycles. The molecule has 0 unspecified atom stereocenters. The van der Waals surface area contributed by atoms with Crippen LogP contribution in [0.2, 0.25) is 0 Å². The molecule has 1 aromatic carbocycles. The molecule has 0 saturated carbocycles. The fraction of sp³-hybridized carbons (Fsp3) is 0.400. The van der Waals surface area contributed by atoms with Crippen molar-refractivity contribution < 1.29 is 19.1 Å². The molecule has 1 saturated heterocycles. The molecule has 0 bridgehead atoms. The summed E-state index contributed by atoms with van der Waals surface area (Å²) < 4.78 is 11.0. The van der Waals surface area contributed by atoms with E-state index in [4.69, 9.17) is 9.47 Å². The van der Waals surface area contributed by atoms with Crippen molar-refractivity contribution in [3.05, 3.63) is 52.2 Å². The zero-order valence-corrected chi connectivity index (χ0v) is 16.2. The van der Waals surface area contributed by atoms with Crippen LogP contribution in [0.15, 0.2) is 41.8 Å². The average molecular weight is 388 g/mol. The van der Waals surface area contributed by atoms with E-state index < -0.39 is 0 Å². The molecule has 1 fully saturated rings. The number of Topliss-reactive ketones (excluding diaryl/α,β-unsaturated/α-hetero) is 1. The van der Waals surface area contributed by atoms with Crippen LogP contribution in [0.5, 0.6) is 5.75 Å². The summed E-state index contributed by atoms with van der Waals surface area (Å²) in [4.78, 5) is 27.1. The molecule has 6 nitrogen and oxygen atoms in total. The highest BCUT2D eigenvalue weighted by Crippen LogP contribution is 2.25. The lowest BCUT2D eigenvalue weighted by atomic mass is 10.1. The summed E-state index contributed by atoms with van der Waals surface area (Å²) >= 11 is 1.70. The van der Waals surface area contributed by atoms with E-state index in [-0.39, 0.29) is 24.3 Å². The molecule has 7 heteroatoms. The van der Waals surface area contributed by atoms with Gasteiger partial charge in [0, 0.05) is 30.1 Å². The van der Waals surface area contributed by atoms with Gasteiger partial charge in [0.1, 0.15) is 5.75 Å². The Kier molecular flexibility index (Phi) is 6.98. The van der Waals surface area contributed by atoms with Crippen LogP contribution in [0.3, 0.4) is 0 Å². The Balaban J connectivity index is 1.50. The molecule has 1 aliphatic heterocycles. The molecule has 1 amide bonds. The van der Waals surface area contributed by atoms with Crippen molar-refractivity contribution in [1.29, 1.82) is 0 Å². The number of rotatable bonds is 8. The topological polar surface area (TPSA) is 67.9 Å². The Morgan fingerprint density at radius 1 is 1.22 bits per heavy atom. The van der Waals surface area contributed by atoms with Gasteiger partial charge in [-0.05, 0) is 42.6 Å². The van der Waals surface area contributed by atoms with Gasteiger partial charge < -0.3 is 14.8 Å². The van der Waals surface area contributed by atoms with Crippen LogP contribution >= 0.6 is 11.3 Å². The molecule has 144 valence electrons. The van der Waals surface area contributed by atoms with Gasteiger partial charge in [-0.3, -0.25) is 14.5 Å². The number of hydrogen-bond acceptors (Lipinski definition) is 6. The number of thiophene rings is 1. The molecule has 1 N–H and O–H groups in total. The number of amides is 1. The maximum atomic E-state index is 12.2. The lowest BCUT2D eigenvalue weighted by molar-refractivity contribution is -0.123. The number of ketones is 1. The zero-order valence-electron chi connectivity index (χ0n) is 15.3. The Bertz CT molecular complexity index is 740. The Morgan fingerprint density at radius 3 is 2.59 bits per heavy atom. The van der Waals surface area contributed by atoms with Gasteiger partial charge >= 0.3 is 0 Å². The first-order valence-corrected chi connectivity index (χ1v) is 9.87. The van der Waals surface area contributed by atoms with E-state index in [0.29, 0.717) is 17.9 Å². The lowest BCUT2D eigenvalue weighted by Crippen LogP contribution is -2.44. The molecule has 0 aliphatic carbocycles. The van der Waals surface area contributed by atoms with Crippen LogP contribution in [0, 0.1) is 0 Å². The average Bonchev–Trinajstić information content (AvgIpc) is 3.22. The first kappa shape index (κ1) is 19.5. The number of nitrogens with zero attached hydrogens (tertiary/aromatic N) is 1. The van der Waals surface area contributed by atoms with E-state index in [9.17, 15) is 9.59 Å². The largest absolute Gasteiger partial charge is 0.484 e. The van der Waals surface area contributed by atoms with Crippen LogP contribution < -0.4 is 10.1 Å². The highest BCUT2D eigenvalue weighted by atomic mass is 32.1. The van der Waals surface area contributed by atoms with E-state index in [2.05, 4.69) is 21.7 Å². The van der Waals surface area contributed by atoms with Crippen LogP contribution in [0.25, 0.3) is 0 Å². The quantitative estimate of drug-likeness (QED) is 0.704. The predicted octanol–water partition coefficient (Wildman–Crippen LogP) is 2.52. The van der Waals surface area contributed by atoms with Crippen molar-refractivity contribution in [2.24, 2.45) is 0 Å². The summed E-state index contributed by atoms with van der Waals surface area (Å²) in [5, 5.41) is 5.03. The molecular weight excluding hydrogens is 364 g/mol. The van der Waals surface area contributed by atoms with Gasteiger partial charge in [-0.25, -0.2) is 0 Å². The number of nitrogens with one attached hydrogen (secondary N) is 1. The van der Waals surface area contributed by atoms with Gasteiger partial charge in [0.2, 0.25) is 0 Å². The Morgan fingerprint density at radius 2 is 1.96 bits per heavy atom. The van der Waals surface area contributed by atoms with Crippen LogP contribution in [0.1, 0.15) is 28.2 Å². The minimum absolute atomic E-state index is 0.00187. The SMILES string of the molecule is CC(=O)c1ccc(OCC(=O)NC[C@H](c2cccs2)N2CCOCC2)cc1. The normalized spacial score (nSPS) is 15.9. The second kappa shape index (κ2) is 9.64. The number of ether oxygens (including phenoxy) is 2. The highest BCUT2D eigenvalue weighted by Gasteiger charge is 2.23. The van der Waals surface area contributed by atoms with E-state index in [1.54, 1.807) is 35.6 Å². The monoisotopic (exact) mass is 388 g/mol. The molecule has 27 heavy (non-hydrogen) atoms. The van der Waals surface area contributed by atoms with E-state index >= 15 is 0 Å². The minimum atomic E-state index is -0.166. The Hall–Kier alpha value is -2.22. The number of carbonyl (C=O) groups is 2. The fourth-order valence-electron chi connectivity index (χ4n) is 2.98. The molecule has 0 spiro atoms. The first-order valence-electron chi connectivity index (χ1n) is 8.99. The third-order valence-corrected chi connectivity index (χ3v) is 5.45. The van der Waals surface area contributed by atoms with Gasteiger partial charge in [0.15, 0.2) is 12.4 Å². The van der Waals surface area contributed by atoms with Gasteiger partial charge in [0.05, 0.1) is 19.3 Å². The number of hydrogen-bond donors (Lipinski definition) is 1. The van der Waals surface area contributed by atoms with Crippen molar-refractivity contribution in [1.82, 2.24) is 10.2 Å². The van der Waals surface area contributed by atoms with E-state index in [1.807, 2.05) is 6.07 Å². The van der Waals surface area contributed by atoms with Crippen molar-refractivity contribution in [2.75, 3.05) is 39.5 Å². The molecule has 1 aliphatic rings. The van der Waals surface area contributed by atoms with Gasteiger partial charge in [-0.1, -0.05) is 6.07 Å². The summed E-state index contributed by atoms with van der Waals surface area (Å²) in [5.41, 5.74) is 0.621. The molecule has 2 aromatic rings. The van der Waals surface area contributed by atoms with Gasteiger partial charge in [-0.2, -0.15) is 0 Å². The number of carbonyl (C=O) groups excluding carboxylic acids is 2. The third-order valence-electron chi connectivity index (χ3n) is 4.48. The maximum Gasteiger partial charge on any atom is 0.258 e. The summed E-state index contributed by atoms with van der Waals surface area (Å²) in [6, 6.07) is 11.1. The summed E-state index contributed by atoms with van der Waals surface area (Å²) in [6.07, 6.45) is 0. The van der Waals surface area contributed by atoms with Crippen molar-refractivity contribution in [2.45, 2.75) is 13.0 Å². The Labute approximate surface area is 163 Å². The van der Waals surface area contributed by atoms with Crippen LogP contribution in [-0.4, -0.2) is 56.0 Å². The zero-order chi connectivity index (χ0) is 19.1. The van der Waals surface area contributed by atoms with Gasteiger partial charge in [-0.15, -0.1) is 11.3 Å². The summed E-state index contributed by atoms with van der Waals surface area (Å²) in [5.74, 6) is 0.403. The first-order chi connectivity index (χ1) is 13.1. The van der Waals surface area contributed by atoms with Crippen LogP contribution in [-0.2, 0) is 9.53 Å². The summed E-state index contributed by atoms with van der Waals surface area (Å²) in [7, 11) is 0. The molecule has 3 rings (SSSR count). The lowest BCUT2D eigenvalue weighted by Gasteiger charge is -2.34. The molecule has 1 atom stereocenters. The second-order valence-electron chi connectivity index (χ2n) is 6.35. The van der Waals surface area contributed by atoms with Crippen molar-refractivity contribution in [3.63, 3.8) is 0 Å². The van der Waals surface area contributed by atoms with Crippen molar-refractivity contribution >= 4 is 23.0 Å². The van der Waals surface area contributed by atoms with Crippen LogP contribution in [0.4, 0.5) is 0 Å². The number of morpholine rings is 1. The minimum Gasteiger partial charge on any atom is -0.484 e. The molecular formula is C20H24N2O4S. The van der Waals surface area contributed by atoms with E-state index in [1.165, 1.54) is 11.8 Å². The highest BCUT2D eigenvalue weighted by molar-refractivity contribution is 7.10. The van der Waals surface area contributed by atoms with Crippen molar-refractivity contribution in [3.8, 4) is 5.75 Å². The summed E-state index contributed by atoms with van der Waals surface area (Å²) in [6.45, 7) is 5.15. The number of benzene rings is 1. The smallest absolute Gasteiger partial charge is 0.258 e. The van der Waals surface area contributed by atoms with E-state index in [0.717, 1.165) is 26.3 Å².